The van der Waals surface area contributed by atoms with E-state index >= 15 is 0 Å². The Balaban J connectivity index is 2.21. The summed E-state index contributed by atoms with van der Waals surface area (Å²) in [6, 6.07) is 8.29. The molecule has 112 valence electrons. The first-order chi connectivity index (χ1) is 9.77. The highest BCUT2D eigenvalue weighted by atomic mass is 79.9. The molecule has 0 aliphatic rings. The van der Waals surface area contributed by atoms with Crippen LogP contribution in [-0.2, 0) is 12.7 Å². The summed E-state index contributed by atoms with van der Waals surface area (Å²) in [5.74, 6) is 0.0445. The first kappa shape index (κ1) is 16.0. The molecule has 2 nitrogen and oxygen atoms in total. The highest BCUT2D eigenvalue weighted by molar-refractivity contribution is 9.10. The SMILES string of the molecule is Oc1c(Br)cccc1CNc1cc(Cl)cc(C(F)(F)F)c1. The van der Waals surface area contributed by atoms with E-state index in [0.717, 1.165) is 12.1 Å². The van der Waals surface area contributed by atoms with Gasteiger partial charge in [-0.15, -0.1) is 0 Å². The average Bonchev–Trinajstić information content (AvgIpc) is 2.39. The van der Waals surface area contributed by atoms with Crippen molar-refractivity contribution in [2.75, 3.05) is 5.32 Å². The molecular weight excluding hydrogens is 371 g/mol. The molecule has 0 bridgehead atoms. The number of hydrogen-bond acceptors (Lipinski definition) is 2. The number of halogens is 5. The van der Waals surface area contributed by atoms with Gasteiger partial charge in [-0.05, 0) is 40.2 Å². The molecule has 0 amide bonds. The minimum atomic E-state index is -4.46. The molecular formula is C14H10BrClF3NO. The van der Waals surface area contributed by atoms with Crippen molar-refractivity contribution in [3.8, 4) is 5.75 Å². The van der Waals surface area contributed by atoms with Crippen molar-refractivity contribution < 1.29 is 18.3 Å². The van der Waals surface area contributed by atoms with Crippen LogP contribution in [0.25, 0.3) is 0 Å². The van der Waals surface area contributed by atoms with Gasteiger partial charge in [-0.3, -0.25) is 0 Å². The number of para-hydroxylation sites is 1. The van der Waals surface area contributed by atoms with Gasteiger partial charge in [0.05, 0.1) is 10.0 Å². The van der Waals surface area contributed by atoms with E-state index in [1.54, 1.807) is 18.2 Å². The van der Waals surface area contributed by atoms with Crippen LogP contribution in [0.3, 0.4) is 0 Å². The van der Waals surface area contributed by atoms with Crippen molar-refractivity contribution in [2.45, 2.75) is 12.7 Å². The molecule has 0 aromatic heterocycles. The smallest absolute Gasteiger partial charge is 0.416 e. The number of hydrogen-bond donors (Lipinski definition) is 2. The van der Waals surface area contributed by atoms with Gasteiger partial charge in [0, 0.05) is 22.8 Å². The summed E-state index contributed by atoms with van der Waals surface area (Å²) >= 11 is 8.87. The summed E-state index contributed by atoms with van der Waals surface area (Å²) in [4.78, 5) is 0. The Morgan fingerprint density at radius 1 is 1.19 bits per heavy atom. The Bertz CT molecular complexity index is 661. The number of rotatable bonds is 3. The standard InChI is InChI=1S/C14H10BrClF3NO/c15-12-3-1-2-8(13(12)21)7-20-11-5-9(14(17,18)19)4-10(16)6-11/h1-6,20-21H,7H2. The van der Waals surface area contributed by atoms with Gasteiger partial charge in [0.25, 0.3) is 0 Å². The zero-order valence-electron chi connectivity index (χ0n) is 10.5. The summed E-state index contributed by atoms with van der Waals surface area (Å²) < 4.78 is 38.6. The Hall–Kier alpha value is -1.40. The van der Waals surface area contributed by atoms with Gasteiger partial charge in [0.2, 0.25) is 0 Å². The monoisotopic (exact) mass is 379 g/mol. The third kappa shape index (κ3) is 4.04. The number of aromatic hydroxyl groups is 1. The Labute approximate surface area is 132 Å². The molecule has 0 saturated heterocycles. The van der Waals surface area contributed by atoms with Crippen LogP contribution in [0.4, 0.5) is 18.9 Å². The Morgan fingerprint density at radius 2 is 1.90 bits per heavy atom. The maximum atomic E-state index is 12.7. The van der Waals surface area contributed by atoms with Gasteiger partial charge in [-0.2, -0.15) is 13.2 Å². The van der Waals surface area contributed by atoms with Crippen LogP contribution in [0.2, 0.25) is 5.02 Å². The third-order valence-corrected chi connectivity index (χ3v) is 3.64. The number of alkyl halides is 3. The first-order valence-electron chi connectivity index (χ1n) is 5.85. The normalized spacial score (nSPS) is 11.5. The second-order valence-electron chi connectivity index (χ2n) is 4.33. The predicted octanol–water partition coefficient (Wildman–Crippen LogP) is 5.44. The van der Waals surface area contributed by atoms with Gasteiger partial charge in [-0.25, -0.2) is 0 Å². The quantitative estimate of drug-likeness (QED) is 0.743. The minimum Gasteiger partial charge on any atom is -0.506 e. The van der Waals surface area contributed by atoms with E-state index in [9.17, 15) is 18.3 Å². The zero-order valence-corrected chi connectivity index (χ0v) is 12.9. The summed E-state index contributed by atoms with van der Waals surface area (Å²) in [5.41, 5.74) is -0.0388. The lowest BCUT2D eigenvalue weighted by atomic mass is 10.1. The average molecular weight is 381 g/mol. The topological polar surface area (TPSA) is 32.3 Å². The molecule has 21 heavy (non-hydrogen) atoms. The van der Waals surface area contributed by atoms with E-state index in [0.29, 0.717) is 10.0 Å². The van der Waals surface area contributed by atoms with Crippen LogP contribution in [0.15, 0.2) is 40.9 Å². The largest absolute Gasteiger partial charge is 0.506 e. The molecule has 0 radical (unpaired) electrons. The summed E-state index contributed by atoms with van der Waals surface area (Å²) in [6.07, 6.45) is -4.46. The number of phenols is 1. The summed E-state index contributed by atoms with van der Waals surface area (Å²) in [5, 5.41) is 12.6. The molecule has 0 fully saturated rings. The van der Waals surface area contributed by atoms with Crippen molar-refractivity contribution in [2.24, 2.45) is 0 Å². The molecule has 2 aromatic carbocycles. The second-order valence-corrected chi connectivity index (χ2v) is 5.62. The van der Waals surface area contributed by atoms with Gasteiger partial charge >= 0.3 is 6.18 Å². The van der Waals surface area contributed by atoms with Crippen molar-refractivity contribution >= 4 is 33.2 Å². The highest BCUT2D eigenvalue weighted by Gasteiger charge is 2.31. The Kier molecular flexibility index (Phi) is 4.68. The van der Waals surface area contributed by atoms with E-state index in [1.165, 1.54) is 6.07 Å². The molecule has 0 unspecified atom stereocenters. The molecule has 0 saturated carbocycles. The van der Waals surface area contributed by atoms with Gasteiger partial charge in [0.1, 0.15) is 5.75 Å². The molecule has 2 aromatic rings. The maximum absolute atomic E-state index is 12.7. The highest BCUT2D eigenvalue weighted by Crippen LogP contribution is 2.34. The fourth-order valence-corrected chi connectivity index (χ4v) is 2.40. The van der Waals surface area contributed by atoms with Gasteiger partial charge in [0.15, 0.2) is 0 Å². The number of benzene rings is 2. The zero-order chi connectivity index (χ0) is 15.6. The van der Waals surface area contributed by atoms with E-state index in [4.69, 9.17) is 11.6 Å². The summed E-state index contributed by atoms with van der Waals surface area (Å²) in [7, 11) is 0. The Morgan fingerprint density at radius 3 is 2.57 bits per heavy atom. The van der Waals surface area contributed by atoms with Crippen molar-refractivity contribution in [3.05, 3.63) is 57.0 Å². The van der Waals surface area contributed by atoms with Crippen molar-refractivity contribution in [3.63, 3.8) is 0 Å². The first-order valence-corrected chi connectivity index (χ1v) is 7.02. The molecule has 7 heteroatoms. The lowest BCUT2D eigenvalue weighted by Gasteiger charge is -2.12. The molecule has 0 atom stereocenters. The van der Waals surface area contributed by atoms with Crippen molar-refractivity contribution in [1.82, 2.24) is 0 Å². The predicted molar refractivity (Wildman–Crippen MR) is 79.6 cm³/mol. The van der Waals surface area contributed by atoms with Crippen LogP contribution >= 0.6 is 27.5 Å². The molecule has 0 aliphatic heterocycles. The molecule has 0 aliphatic carbocycles. The molecule has 0 heterocycles. The van der Waals surface area contributed by atoms with E-state index in [-0.39, 0.29) is 23.0 Å². The number of phenolic OH excluding ortho intramolecular Hbond substituents is 1. The van der Waals surface area contributed by atoms with Gasteiger partial charge < -0.3 is 10.4 Å². The third-order valence-electron chi connectivity index (χ3n) is 2.78. The van der Waals surface area contributed by atoms with E-state index < -0.39 is 11.7 Å². The fourth-order valence-electron chi connectivity index (χ4n) is 1.76. The van der Waals surface area contributed by atoms with Crippen LogP contribution in [0.1, 0.15) is 11.1 Å². The molecule has 2 N–H and O–H groups in total. The number of nitrogens with one attached hydrogen (secondary N) is 1. The molecule has 0 spiro atoms. The van der Waals surface area contributed by atoms with Crippen LogP contribution in [0.5, 0.6) is 5.75 Å². The van der Waals surface area contributed by atoms with Crippen LogP contribution < -0.4 is 5.32 Å². The van der Waals surface area contributed by atoms with Crippen LogP contribution in [-0.4, -0.2) is 5.11 Å². The molecule has 2 rings (SSSR count). The maximum Gasteiger partial charge on any atom is 0.416 e. The van der Waals surface area contributed by atoms with E-state index in [1.807, 2.05) is 0 Å². The second kappa shape index (κ2) is 6.15. The van der Waals surface area contributed by atoms with Gasteiger partial charge in [-0.1, -0.05) is 23.7 Å². The van der Waals surface area contributed by atoms with Crippen LogP contribution in [0, 0.1) is 0 Å². The lowest BCUT2D eigenvalue weighted by molar-refractivity contribution is -0.137. The summed E-state index contributed by atoms with van der Waals surface area (Å²) in [6.45, 7) is 0.170. The lowest BCUT2D eigenvalue weighted by Crippen LogP contribution is -2.07. The number of anilines is 1. The fraction of sp³-hybridized carbons (Fsp3) is 0.143. The van der Waals surface area contributed by atoms with Crippen molar-refractivity contribution in [1.29, 1.82) is 0 Å². The van der Waals surface area contributed by atoms with E-state index in [2.05, 4.69) is 21.2 Å². The minimum absolute atomic E-state index is 0.00853.